The molecular weight excluding hydrogens is 725 g/mol. The third-order valence-corrected chi connectivity index (χ3v) is 11.1. The molecule has 10 aromatic rings. The molecule has 0 saturated carbocycles. The average Bonchev–Trinajstić information content (AvgIpc) is 3.97. The Morgan fingerprint density at radius 3 is 1.02 bits per heavy atom. The van der Waals surface area contributed by atoms with Crippen molar-refractivity contribution < 1.29 is 0 Å². The molecule has 266 valence electrons. The van der Waals surface area contributed by atoms with Crippen LogP contribution in [0.4, 0.5) is 34.1 Å². The van der Waals surface area contributed by atoms with Crippen LogP contribution in [-0.4, -0.2) is 17.5 Å². The lowest BCUT2D eigenvalue weighted by atomic mass is 9.97. The molecule has 0 aliphatic heterocycles. The fourth-order valence-corrected chi connectivity index (χ4v) is 8.49. The summed E-state index contributed by atoms with van der Waals surface area (Å²) in [5.41, 5.74) is 16.7. The van der Waals surface area contributed by atoms with Crippen LogP contribution in [0.25, 0.3) is 55.4 Å². The number of fused-ring (bicyclic) bond motifs is 2. The van der Waals surface area contributed by atoms with Gasteiger partial charge < -0.3 is 9.80 Å². The largest absolute Gasteiger partial charge is 0.311 e. The van der Waals surface area contributed by atoms with E-state index in [2.05, 4.69) is 182 Å². The van der Waals surface area contributed by atoms with E-state index >= 15 is 0 Å². The van der Waals surface area contributed by atoms with Crippen molar-refractivity contribution in [1.82, 2.24) is 17.5 Å². The molecule has 8 heteroatoms. The van der Waals surface area contributed by atoms with Crippen LogP contribution in [0.5, 0.6) is 0 Å². The van der Waals surface area contributed by atoms with E-state index < -0.39 is 0 Å². The fraction of sp³-hybridized carbons (Fsp3) is 0. The van der Waals surface area contributed by atoms with Crippen LogP contribution in [0, 0.1) is 0 Å². The van der Waals surface area contributed by atoms with Gasteiger partial charge in [-0.1, -0.05) is 115 Å². The summed E-state index contributed by atoms with van der Waals surface area (Å²) in [6.07, 6.45) is 0. The molecule has 0 aliphatic carbocycles. The minimum absolute atomic E-state index is 0.903. The Kier molecular flexibility index (Phi) is 8.79. The van der Waals surface area contributed by atoms with E-state index in [0.717, 1.165) is 89.6 Å². The Hall–Kier alpha value is -7.00. The maximum Gasteiger partial charge on any atom is 0.113 e. The van der Waals surface area contributed by atoms with Crippen LogP contribution >= 0.6 is 23.5 Å². The average molecular weight is 757 g/mol. The van der Waals surface area contributed by atoms with Gasteiger partial charge in [0.05, 0.1) is 23.5 Å². The summed E-state index contributed by atoms with van der Waals surface area (Å²) in [5, 5.41) is 0. The van der Waals surface area contributed by atoms with Crippen molar-refractivity contribution in [2.45, 2.75) is 0 Å². The van der Waals surface area contributed by atoms with Crippen molar-refractivity contribution in [3.05, 3.63) is 194 Å². The molecule has 0 atom stereocenters. The second-order valence-electron chi connectivity index (χ2n) is 13.4. The highest BCUT2D eigenvalue weighted by atomic mass is 32.1. The van der Waals surface area contributed by atoms with E-state index in [1.54, 1.807) is 0 Å². The van der Waals surface area contributed by atoms with E-state index in [0.29, 0.717) is 0 Å². The first kappa shape index (κ1) is 33.6. The van der Waals surface area contributed by atoms with Crippen LogP contribution in [0.3, 0.4) is 0 Å². The lowest BCUT2D eigenvalue weighted by molar-refractivity contribution is 1.28. The number of aromatic nitrogens is 4. The van der Waals surface area contributed by atoms with Gasteiger partial charge in [0.1, 0.15) is 22.1 Å². The summed E-state index contributed by atoms with van der Waals surface area (Å²) in [7, 11) is 0. The van der Waals surface area contributed by atoms with E-state index in [1.807, 2.05) is 30.3 Å². The summed E-state index contributed by atoms with van der Waals surface area (Å²) in [5.74, 6) is 0. The summed E-state index contributed by atoms with van der Waals surface area (Å²) >= 11 is 2.50. The standard InChI is InChI=1S/C48H32N6S2/c1-4-11-36(12-5-1)53(37-13-6-2-7-14-37)39-27-21-34(22-28-39)43-31-32-44(48-47(43)51-56-52-48)35-23-29-41(30-24-35)54(38-15-8-3-9-16-38)40-25-19-33(20-26-40)42-17-10-18-45-46(42)50-55-49-45/h1-32H. The quantitative estimate of drug-likeness (QED) is 0.146. The number of rotatable bonds is 9. The molecule has 8 aromatic carbocycles. The van der Waals surface area contributed by atoms with Gasteiger partial charge in [-0.15, -0.1) is 0 Å². The van der Waals surface area contributed by atoms with Crippen molar-refractivity contribution in [3.8, 4) is 33.4 Å². The first-order chi connectivity index (χ1) is 27.8. The lowest BCUT2D eigenvalue weighted by Gasteiger charge is -2.26. The molecule has 2 heterocycles. The highest BCUT2D eigenvalue weighted by molar-refractivity contribution is 7.00. The maximum absolute atomic E-state index is 4.81. The molecule has 2 aromatic heterocycles. The van der Waals surface area contributed by atoms with Crippen LogP contribution in [0.1, 0.15) is 0 Å². The molecule has 0 saturated heterocycles. The Bertz CT molecular complexity index is 2850. The first-order valence-corrected chi connectivity index (χ1v) is 19.8. The topological polar surface area (TPSA) is 58.0 Å². The molecule has 0 bridgehead atoms. The number of hydrogen-bond acceptors (Lipinski definition) is 8. The fourth-order valence-electron chi connectivity index (χ4n) is 7.37. The molecular formula is C48H32N6S2. The number of anilines is 6. The summed E-state index contributed by atoms with van der Waals surface area (Å²) in [6, 6.07) is 68.0. The molecule has 0 unspecified atom stereocenters. The number of hydrogen-bond donors (Lipinski definition) is 0. The van der Waals surface area contributed by atoms with E-state index in [4.69, 9.17) is 8.75 Å². The Balaban J connectivity index is 0.959. The van der Waals surface area contributed by atoms with Gasteiger partial charge in [-0.2, -0.15) is 17.5 Å². The zero-order valence-corrected chi connectivity index (χ0v) is 31.6. The molecule has 56 heavy (non-hydrogen) atoms. The van der Waals surface area contributed by atoms with Crippen LogP contribution in [0.15, 0.2) is 194 Å². The lowest BCUT2D eigenvalue weighted by Crippen LogP contribution is -2.09. The van der Waals surface area contributed by atoms with Crippen LogP contribution in [0.2, 0.25) is 0 Å². The van der Waals surface area contributed by atoms with Gasteiger partial charge in [0.15, 0.2) is 0 Å². The normalized spacial score (nSPS) is 11.2. The molecule has 0 amide bonds. The third-order valence-electron chi connectivity index (χ3n) is 10.1. The Labute approximate surface area is 332 Å². The number of para-hydroxylation sites is 3. The van der Waals surface area contributed by atoms with Crippen LogP contribution < -0.4 is 9.80 Å². The van der Waals surface area contributed by atoms with Crippen molar-refractivity contribution in [2.75, 3.05) is 9.80 Å². The Morgan fingerprint density at radius 1 is 0.268 bits per heavy atom. The molecule has 0 fully saturated rings. The van der Waals surface area contributed by atoms with E-state index in [1.165, 1.54) is 23.5 Å². The highest BCUT2D eigenvalue weighted by Gasteiger charge is 2.18. The Morgan fingerprint density at radius 2 is 0.607 bits per heavy atom. The van der Waals surface area contributed by atoms with Gasteiger partial charge in [0, 0.05) is 50.8 Å². The monoisotopic (exact) mass is 756 g/mol. The first-order valence-electron chi connectivity index (χ1n) is 18.3. The summed E-state index contributed by atoms with van der Waals surface area (Å²) < 4.78 is 18.6. The van der Waals surface area contributed by atoms with Gasteiger partial charge >= 0.3 is 0 Å². The third kappa shape index (κ3) is 6.26. The van der Waals surface area contributed by atoms with Gasteiger partial charge in [-0.25, -0.2) is 0 Å². The number of benzene rings is 8. The van der Waals surface area contributed by atoms with Crippen molar-refractivity contribution in [1.29, 1.82) is 0 Å². The summed E-state index contributed by atoms with van der Waals surface area (Å²) in [4.78, 5) is 4.55. The molecule has 0 spiro atoms. The van der Waals surface area contributed by atoms with Gasteiger partial charge in [-0.3, -0.25) is 0 Å². The minimum atomic E-state index is 0.903. The highest BCUT2D eigenvalue weighted by Crippen LogP contribution is 2.41. The van der Waals surface area contributed by atoms with Crippen molar-refractivity contribution in [3.63, 3.8) is 0 Å². The molecule has 6 nitrogen and oxygen atoms in total. The summed E-state index contributed by atoms with van der Waals surface area (Å²) in [6.45, 7) is 0. The molecule has 0 N–H and O–H groups in total. The maximum atomic E-state index is 4.81. The second kappa shape index (κ2) is 14.7. The number of nitrogens with zero attached hydrogens (tertiary/aromatic N) is 6. The SMILES string of the molecule is c1ccc(N(c2ccccc2)c2ccc(-c3ccc(-c4ccc(N(c5ccccc5)c5ccc(-c6cccc7nsnc67)cc5)cc4)c4nsnc34)cc2)cc1. The predicted octanol–water partition coefficient (Wildman–Crippen LogP) is 13.6. The predicted molar refractivity (Wildman–Crippen MR) is 234 cm³/mol. The molecule has 0 radical (unpaired) electrons. The second-order valence-corrected chi connectivity index (χ2v) is 14.4. The van der Waals surface area contributed by atoms with Gasteiger partial charge in [0.25, 0.3) is 0 Å². The molecule has 0 aliphatic rings. The zero-order valence-electron chi connectivity index (χ0n) is 30.0. The van der Waals surface area contributed by atoms with Crippen molar-refractivity contribution >= 4 is 79.6 Å². The smallest absolute Gasteiger partial charge is 0.113 e. The van der Waals surface area contributed by atoms with Gasteiger partial charge in [0.2, 0.25) is 0 Å². The van der Waals surface area contributed by atoms with Crippen molar-refractivity contribution in [2.24, 2.45) is 0 Å². The minimum Gasteiger partial charge on any atom is -0.311 e. The van der Waals surface area contributed by atoms with Gasteiger partial charge in [-0.05, 0) is 95.6 Å². The van der Waals surface area contributed by atoms with E-state index in [9.17, 15) is 0 Å². The van der Waals surface area contributed by atoms with Crippen LogP contribution in [-0.2, 0) is 0 Å². The molecule has 10 rings (SSSR count). The van der Waals surface area contributed by atoms with E-state index in [-0.39, 0.29) is 0 Å². The zero-order chi connectivity index (χ0) is 37.3.